The molecule has 0 radical (unpaired) electrons. The molecule has 2 unspecified atom stereocenters. The molecule has 3 aromatic rings. The highest BCUT2D eigenvalue weighted by Gasteiger charge is 2.38. The molecule has 0 saturated heterocycles. The molecular formula is C30H23N3. The summed E-state index contributed by atoms with van der Waals surface area (Å²) >= 11 is 0. The third-order valence-electron chi connectivity index (χ3n) is 7.01. The molecule has 2 aliphatic carbocycles. The van der Waals surface area contributed by atoms with Crippen LogP contribution in [0.4, 0.5) is 11.4 Å². The van der Waals surface area contributed by atoms with Gasteiger partial charge in [-0.2, -0.15) is 0 Å². The molecular weight excluding hydrogens is 402 g/mol. The molecule has 2 aromatic carbocycles. The van der Waals surface area contributed by atoms with Crippen molar-refractivity contribution in [1.82, 2.24) is 4.98 Å². The molecule has 1 aromatic heterocycles. The van der Waals surface area contributed by atoms with E-state index in [1.54, 1.807) is 0 Å². The van der Waals surface area contributed by atoms with Crippen LogP contribution in [0.25, 0.3) is 17.2 Å². The van der Waals surface area contributed by atoms with Crippen LogP contribution in [-0.2, 0) is 6.42 Å². The van der Waals surface area contributed by atoms with E-state index in [0.29, 0.717) is 12.0 Å². The van der Waals surface area contributed by atoms with E-state index in [1.807, 2.05) is 6.20 Å². The van der Waals surface area contributed by atoms with Crippen molar-refractivity contribution in [2.24, 2.45) is 10.9 Å². The zero-order valence-corrected chi connectivity index (χ0v) is 18.2. The molecule has 2 atom stereocenters. The predicted octanol–water partition coefficient (Wildman–Crippen LogP) is 6.66. The Balaban J connectivity index is 1.29. The lowest BCUT2D eigenvalue weighted by Crippen LogP contribution is -2.36. The minimum Gasteiger partial charge on any atom is -0.330 e. The van der Waals surface area contributed by atoms with Gasteiger partial charge in [0.2, 0.25) is 0 Å². The second kappa shape index (κ2) is 7.28. The van der Waals surface area contributed by atoms with Crippen LogP contribution in [0.3, 0.4) is 0 Å². The number of pyridine rings is 1. The smallest absolute Gasteiger partial charge is 0.0944 e. The van der Waals surface area contributed by atoms with Crippen LogP contribution in [0.15, 0.2) is 108 Å². The Morgan fingerprint density at radius 1 is 0.879 bits per heavy atom. The Morgan fingerprint density at radius 2 is 1.73 bits per heavy atom. The highest BCUT2D eigenvalue weighted by molar-refractivity contribution is 6.18. The average Bonchev–Trinajstić information content (AvgIpc) is 3.28. The molecule has 0 N–H and O–H groups in total. The molecule has 2 aliphatic heterocycles. The van der Waals surface area contributed by atoms with Gasteiger partial charge >= 0.3 is 0 Å². The van der Waals surface area contributed by atoms with E-state index < -0.39 is 0 Å². The van der Waals surface area contributed by atoms with Crippen LogP contribution >= 0.6 is 0 Å². The Morgan fingerprint density at radius 3 is 2.67 bits per heavy atom. The van der Waals surface area contributed by atoms with Crippen LogP contribution < -0.4 is 4.90 Å². The molecule has 3 nitrogen and oxygen atoms in total. The van der Waals surface area contributed by atoms with E-state index in [9.17, 15) is 0 Å². The lowest BCUT2D eigenvalue weighted by molar-refractivity contribution is 0.699. The number of fused-ring (bicyclic) bond motifs is 6. The van der Waals surface area contributed by atoms with Crippen molar-refractivity contribution in [3.63, 3.8) is 0 Å². The summed E-state index contributed by atoms with van der Waals surface area (Å²) in [7, 11) is 0. The molecule has 158 valence electrons. The minimum absolute atomic E-state index is 0.311. The van der Waals surface area contributed by atoms with Gasteiger partial charge in [0.05, 0.1) is 28.8 Å². The number of hydrogen-bond donors (Lipinski definition) is 0. The molecule has 0 fully saturated rings. The Labute approximate surface area is 193 Å². The number of para-hydroxylation sites is 2. The molecule has 4 aliphatic rings. The van der Waals surface area contributed by atoms with Crippen molar-refractivity contribution in [3.8, 4) is 11.1 Å². The average molecular weight is 426 g/mol. The monoisotopic (exact) mass is 425 g/mol. The third-order valence-corrected chi connectivity index (χ3v) is 7.01. The second-order valence-corrected chi connectivity index (χ2v) is 8.99. The molecule has 0 amide bonds. The highest BCUT2D eigenvalue weighted by atomic mass is 15.2. The van der Waals surface area contributed by atoms with Gasteiger partial charge in [0, 0.05) is 28.9 Å². The van der Waals surface area contributed by atoms with Crippen LogP contribution in [0.1, 0.15) is 23.2 Å². The van der Waals surface area contributed by atoms with Gasteiger partial charge in [0.1, 0.15) is 0 Å². The molecule has 0 bridgehead atoms. The maximum absolute atomic E-state index is 5.11. The standard InChI is InChI=1S/C30H23N3/c1-3-9-25-22(7-1)17-24(19-31-25)20-13-15-21(16-14-20)30-29-18-23-8-2-5-11-27(23)33(29)28-12-6-4-10-26(28)32-30/h1-2,4-8,10-19,23,27H,3,9H2. The molecule has 0 saturated carbocycles. The van der Waals surface area contributed by atoms with E-state index in [-0.39, 0.29) is 0 Å². The maximum Gasteiger partial charge on any atom is 0.0944 e. The Bertz CT molecular complexity index is 1420. The normalized spacial score (nSPS) is 21.6. The fourth-order valence-corrected chi connectivity index (χ4v) is 5.36. The van der Waals surface area contributed by atoms with E-state index in [4.69, 9.17) is 9.98 Å². The number of hydrogen-bond acceptors (Lipinski definition) is 3. The predicted molar refractivity (Wildman–Crippen MR) is 136 cm³/mol. The second-order valence-electron chi connectivity index (χ2n) is 8.99. The summed E-state index contributed by atoms with van der Waals surface area (Å²) in [6.07, 6.45) is 19.8. The van der Waals surface area contributed by atoms with Gasteiger partial charge in [-0.1, -0.05) is 72.9 Å². The van der Waals surface area contributed by atoms with Crippen LogP contribution in [0.5, 0.6) is 0 Å². The van der Waals surface area contributed by atoms with Gasteiger partial charge in [0.25, 0.3) is 0 Å². The SMILES string of the molecule is C1=CC2C=C3C(c4ccc(-c5cnc6c(c5)C=CCC6)cc4)=Nc4ccccc4N3C2C=C1. The fraction of sp³-hybridized carbons (Fsp3) is 0.133. The Kier molecular flexibility index (Phi) is 4.10. The van der Waals surface area contributed by atoms with Crippen LogP contribution in [0, 0.1) is 5.92 Å². The lowest BCUT2D eigenvalue weighted by Gasteiger charge is -2.35. The van der Waals surface area contributed by atoms with Crippen LogP contribution in [0.2, 0.25) is 0 Å². The Hall–Kier alpha value is -3.98. The third kappa shape index (κ3) is 2.96. The largest absolute Gasteiger partial charge is 0.330 e. The summed E-state index contributed by atoms with van der Waals surface area (Å²) in [5, 5.41) is 0. The minimum atomic E-state index is 0.311. The summed E-state index contributed by atoms with van der Waals surface area (Å²) in [5.74, 6) is 0.371. The van der Waals surface area contributed by atoms with Gasteiger partial charge in [0.15, 0.2) is 0 Å². The number of anilines is 1. The zero-order valence-electron chi connectivity index (χ0n) is 18.2. The number of rotatable bonds is 2. The van der Waals surface area contributed by atoms with Crippen LogP contribution in [-0.4, -0.2) is 16.7 Å². The molecule has 7 rings (SSSR count). The summed E-state index contributed by atoms with van der Waals surface area (Å²) < 4.78 is 0. The fourth-order valence-electron chi connectivity index (χ4n) is 5.36. The summed E-state index contributed by atoms with van der Waals surface area (Å²) in [6, 6.07) is 19.8. The summed E-state index contributed by atoms with van der Waals surface area (Å²) in [4.78, 5) is 12.3. The first kappa shape index (κ1) is 18.6. The van der Waals surface area contributed by atoms with E-state index in [0.717, 1.165) is 35.4 Å². The number of benzene rings is 2. The van der Waals surface area contributed by atoms with Gasteiger partial charge in [-0.05, 0) is 48.2 Å². The lowest BCUT2D eigenvalue weighted by atomic mass is 9.97. The highest BCUT2D eigenvalue weighted by Crippen LogP contribution is 2.45. The van der Waals surface area contributed by atoms with E-state index >= 15 is 0 Å². The molecule has 3 heteroatoms. The van der Waals surface area contributed by atoms with Crippen molar-refractivity contribution in [3.05, 3.63) is 120 Å². The molecule has 33 heavy (non-hydrogen) atoms. The number of aromatic nitrogens is 1. The van der Waals surface area contributed by atoms with Gasteiger partial charge in [-0.25, -0.2) is 4.99 Å². The first-order chi connectivity index (χ1) is 16.3. The summed E-state index contributed by atoms with van der Waals surface area (Å²) in [5.41, 5.74) is 10.4. The topological polar surface area (TPSA) is 28.5 Å². The van der Waals surface area contributed by atoms with Crippen molar-refractivity contribution in [1.29, 1.82) is 0 Å². The van der Waals surface area contributed by atoms with Crippen molar-refractivity contribution < 1.29 is 0 Å². The quantitative estimate of drug-likeness (QED) is 0.459. The van der Waals surface area contributed by atoms with Crippen molar-refractivity contribution in [2.45, 2.75) is 18.9 Å². The molecule has 0 spiro atoms. The number of aliphatic imine (C=N–C) groups is 1. The van der Waals surface area contributed by atoms with Crippen molar-refractivity contribution >= 4 is 23.2 Å². The molecule has 3 heterocycles. The number of aryl methyl sites for hydroxylation is 1. The first-order valence-electron chi connectivity index (χ1n) is 11.7. The van der Waals surface area contributed by atoms with E-state index in [2.05, 4.69) is 102 Å². The van der Waals surface area contributed by atoms with E-state index in [1.165, 1.54) is 28.2 Å². The zero-order chi connectivity index (χ0) is 21.8. The first-order valence-corrected chi connectivity index (χ1v) is 11.7. The summed E-state index contributed by atoms with van der Waals surface area (Å²) in [6.45, 7) is 0. The maximum atomic E-state index is 5.11. The number of allylic oxidation sites excluding steroid dienone is 4. The van der Waals surface area contributed by atoms with Gasteiger partial charge < -0.3 is 4.90 Å². The van der Waals surface area contributed by atoms with Gasteiger partial charge in [-0.3, -0.25) is 4.98 Å². The van der Waals surface area contributed by atoms with Gasteiger partial charge in [-0.15, -0.1) is 0 Å². The number of nitrogens with zero attached hydrogens (tertiary/aromatic N) is 3. The van der Waals surface area contributed by atoms with Crippen molar-refractivity contribution in [2.75, 3.05) is 4.90 Å².